The molecule has 0 unspecified atom stereocenters. The van der Waals surface area contributed by atoms with Gasteiger partial charge in [0.05, 0.1) is 5.69 Å². The fraction of sp³-hybridized carbons (Fsp3) is 0.312. The molecule has 2 aromatic rings. The number of hydrogen-bond acceptors (Lipinski definition) is 3. The van der Waals surface area contributed by atoms with Gasteiger partial charge in [0.15, 0.2) is 0 Å². The lowest BCUT2D eigenvalue weighted by Crippen LogP contribution is -2.26. The fourth-order valence-electron chi connectivity index (χ4n) is 2.04. The molecule has 1 N–H and O–H groups in total. The molecule has 0 spiro atoms. The molecule has 0 radical (unpaired) electrons. The maximum atomic E-state index is 12.1. The van der Waals surface area contributed by atoms with E-state index in [0.717, 1.165) is 11.3 Å². The van der Waals surface area contributed by atoms with Crippen LogP contribution in [0.1, 0.15) is 42.4 Å². The molecule has 21 heavy (non-hydrogen) atoms. The topological polar surface area (TPSA) is 54.9 Å². The van der Waals surface area contributed by atoms with Crippen LogP contribution in [0.4, 0.5) is 0 Å². The molecule has 5 heteroatoms. The Labute approximate surface area is 129 Å². The molecule has 4 nitrogen and oxygen atoms in total. The number of benzene rings is 1. The van der Waals surface area contributed by atoms with E-state index in [-0.39, 0.29) is 11.3 Å². The van der Waals surface area contributed by atoms with Crippen molar-refractivity contribution < 1.29 is 4.79 Å². The molecule has 1 aromatic carbocycles. The van der Waals surface area contributed by atoms with Crippen LogP contribution in [0.2, 0.25) is 5.02 Å². The van der Waals surface area contributed by atoms with E-state index in [0.29, 0.717) is 17.1 Å². The van der Waals surface area contributed by atoms with E-state index in [4.69, 9.17) is 11.6 Å². The number of amides is 1. The van der Waals surface area contributed by atoms with Crippen LogP contribution in [0, 0.1) is 0 Å². The molecule has 1 aromatic heterocycles. The molecular formula is C16H18ClN3O. The van der Waals surface area contributed by atoms with Gasteiger partial charge in [-0.1, -0.05) is 32.4 Å². The van der Waals surface area contributed by atoms with Gasteiger partial charge in [0.2, 0.25) is 0 Å². The van der Waals surface area contributed by atoms with Crippen LogP contribution >= 0.6 is 11.6 Å². The van der Waals surface area contributed by atoms with Gasteiger partial charge in [-0.05, 0) is 24.3 Å². The minimum Gasteiger partial charge on any atom is -0.348 e. The number of carbonyl (C=O) groups is 1. The number of aromatic nitrogens is 2. The van der Waals surface area contributed by atoms with E-state index in [1.165, 1.54) is 6.33 Å². The summed E-state index contributed by atoms with van der Waals surface area (Å²) in [5.41, 5.74) is 2.35. The first-order valence-corrected chi connectivity index (χ1v) is 7.09. The number of rotatable bonds is 3. The Morgan fingerprint density at radius 1 is 1.24 bits per heavy atom. The second kappa shape index (κ2) is 6.22. The van der Waals surface area contributed by atoms with Gasteiger partial charge in [-0.3, -0.25) is 4.79 Å². The normalized spacial score (nSPS) is 11.2. The summed E-state index contributed by atoms with van der Waals surface area (Å²) in [5, 5.41) is 3.49. The van der Waals surface area contributed by atoms with Gasteiger partial charge in [-0.15, -0.1) is 0 Å². The smallest absolute Gasteiger partial charge is 0.251 e. The molecule has 0 aliphatic carbocycles. The van der Waals surface area contributed by atoms with Crippen molar-refractivity contribution in [3.63, 3.8) is 0 Å². The second-order valence-corrected chi connectivity index (χ2v) is 6.27. The number of carbonyl (C=O) groups excluding carboxylic acids is 1. The van der Waals surface area contributed by atoms with Gasteiger partial charge in [-0.2, -0.15) is 0 Å². The summed E-state index contributed by atoms with van der Waals surface area (Å²) in [4.78, 5) is 20.5. The van der Waals surface area contributed by atoms with Gasteiger partial charge in [-0.25, -0.2) is 9.97 Å². The van der Waals surface area contributed by atoms with Gasteiger partial charge >= 0.3 is 0 Å². The maximum absolute atomic E-state index is 12.1. The monoisotopic (exact) mass is 303 g/mol. The average Bonchev–Trinajstić information content (AvgIpc) is 2.45. The fourth-order valence-corrected chi connectivity index (χ4v) is 2.17. The predicted octanol–water partition coefficient (Wildman–Crippen LogP) is 3.36. The maximum Gasteiger partial charge on any atom is 0.251 e. The highest BCUT2D eigenvalue weighted by Crippen LogP contribution is 2.22. The van der Waals surface area contributed by atoms with Crippen molar-refractivity contribution in [1.82, 2.24) is 15.3 Å². The summed E-state index contributed by atoms with van der Waals surface area (Å²) >= 11 is 5.81. The van der Waals surface area contributed by atoms with Gasteiger partial charge in [0, 0.05) is 34.3 Å². The number of halogens is 1. The molecule has 0 saturated carbocycles. The molecule has 0 atom stereocenters. The molecule has 2 rings (SSSR count). The molecule has 0 fully saturated rings. The minimum atomic E-state index is -0.143. The van der Waals surface area contributed by atoms with E-state index in [9.17, 15) is 4.79 Å². The predicted molar refractivity (Wildman–Crippen MR) is 83.4 cm³/mol. The summed E-state index contributed by atoms with van der Waals surface area (Å²) < 4.78 is 0. The minimum absolute atomic E-state index is 0.0940. The molecule has 0 bridgehead atoms. The van der Waals surface area contributed by atoms with Crippen LogP contribution in [0.5, 0.6) is 0 Å². The van der Waals surface area contributed by atoms with Crippen molar-refractivity contribution in [1.29, 1.82) is 0 Å². The van der Waals surface area contributed by atoms with Crippen LogP contribution in [0.25, 0.3) is 0 Å². The van der Waals surface area contributed by atoms with Gasteiger partial charge < -0.3 is 5.32 Å². The zero-order chi connectivity index (χ0) is 15.5. The van der Waals surface area contributed by atoms with E-state index >= 15 is 0 Å². The SMILES string of the molecule is CC(C)(C)c1ncncc1CNC(=O)c1ccc(Cl)cc1. The summed E-state index contributed by atoms with van der Waals surface area (Å²) in [6.07, 6.45) is 3.28. The number of hydrogen-bond donors (Lipinski definition) is 1. The van der Waals surface area contributed by atoms with Crippen molar-refractivity contribution in [2.75, 3.05) is 0 Å². The molecule has 110 valence electrons. The van der Waals surface area contributed by atoms with Crippen LogP contribution in [0.15, 0.2) is 36.8 Å². The Hall–Kier alpha value is -1.94. The lowest BCUT2D eigenvalue weighted by atomic mass is 9.89. The number of nitrogens with one attached hydrogen (secondary N) is 1. The van der Waals surface area contributed by atoms with Crippen molar-refractivity contribution >= 4 is 17.5 Å². The number of nitrogens with zero attached hydrogens (tertiary/aromatic N) is 2. The zero-order valence-corrected chi connectivity index (χ0v) is 13.1. The third-order valence-corrected chi connectivity index (χ3v) is 3.30. The quantitative estimate of drug-likeness (QED) is 0.946. The highest BCUT2D eigenvalue weighted by atomic mass is 35.5. The van der Waals surface area contributed by atoms with Crippen LogP contribution in [-0.2, 0) is 12.0 Å². The summed E-state index contributed by atoms with van der Waals surface area (Å²) in [6.45, 7) is 6.65. The first-order valence-electron chi connectivity index (χ1n) is 6.71. The largest absolute Gasteiger partial charge is 0.348 e. The molecular weight excluding hydrogens is 286 g/mol. The van der Waals surface area contributed by atoms with Gasteiger partial charge in [0.1, 0.15) is 6.33 Å². The van der Waals surface area contributed by atoms with Crippen LogP contribution in [0.3, 0.4) is 0 Å². The average molecular weight is 304 g/mol. The lowest BCUT2D eigenvalue weighted by Gasteiger charge is -2.21. The summed E-state index contributed by atoms with van der Waals surface area (Å²) in [5.74, 6) is -0.143. The van der Waals surface area contributed by atoms with E-state index < -0.39 is 0 Å². The van der Waals surface area contributed by atoms with Crippen molar-refractivity contribution in [3.05, 3.63) is 58.6 Å². The van der Waals surface area contributed by atoms with E-state index in [2.05, 4.69) is 36.1 Å². The molecule has 0 aliphatic heterocycles. The van der Waals surface area contributed by atoms with Crippen molar-refractivity contribution in [2.24, 2.45) is 0 Å². The summed E-state index contributed by atoms with van der Waals surface area (Å²) in [6, 6.07) is 6.79. The Morgan fingerprint density at radius 3 is 2.52 bits per heavy atom. The molecule has 0 saturated heterocycles. The Bertz CT molecular complexity index is 633. The van der Waals surface area contributed by atoms with Crippen LogP contribution < -0.4 is 5.32 Å². The van der Waals surface area contributed by atoms with Crippen LogP contribution in [-0.4, -0.2) is 15.9 Å². The van der Waals surface area contributed by atoms with E-state index in [1.807, 2.05) is 0 Å². The third-order valence-electron chi connectivity index (χ3n) is 3.04. The molecule has 1 heterocycles. The third kappa shape index (κ3) is 4.02. The Kier molecular flexibility index (Phi) is 4.58. The highest BCUT2D eigenvalue weighted by Gasteiger charge is 2.19. The molecule has 1 amide bonds. The van der Waals surface area contributed by atoms with Crippen molar-refractivity contribution in [3.8, 4) is 0 Å². The lowest BCUT2D eigenvalue weighted by molar-refractivity contribution is 0.0950. The van der Waals surface area contributed by atoms with E-state index in [1.54, 1.807) is 30.5 Å². The standard InChI is InChI=1S/C16H18ClN3O/c1-16(2,3)14-12(8-18-10-20-14)9-19-15(21)11-4-6-13(17)7-5-11/h4-8,10H,9H2,1-3H3,(H,19,21). The van der Waals surface area contributed by atoms with Gasteiger partial charge in [0.25, 0.3) is 5.91 Å². The molecule has 0 aliphatic rings. The zero-order valence-electron chi connectivity index (χ0n) is 12.4. The van der Waals surface area contributed by atoms with Crippen molar-refractivity contribution in [2.45, 2.75) is 32.7 Å². The second-order valence-electron chi connectivity index (χ2n) is 5.84. The first-order chi connectivity index (χ1) is 9.88. The Morgan fingerprint density at radius 2 is 1.90 bits per heavy atom. The first kappa shape index (κ1) is 15.4. The summed E-state index contributed by atoms with van der Waals surface area (Å²) in [7, 11) is 0. The highest BCUT2D eigenvalue weighted by molar-refractivity contribution is 6.30. The Balaban J connectivity index is 2.10.